The molecule has 0 spiro atoms. The van der Waals surface area contributed by atoms with Crippen molar-refractivity contribution in [2.24, 2.45) is 5.16 Å². The molecule has 0 amide bonds. The van der Waals surface area contributed by atoms with E-state index in [1.165, 1.54) is 5.56 Å². The van der Waals surface area contributed by atoms with Crippen LogP contribution < -0.4 is 0 Å². The number of oxime groups is 1. The van der Waals surface area contributed by atoms with E-state index < -0.39 is 0 Å². The quantitative estimate of drug-likeness (QED) is 0.498. The van der Waals surface area contributed by atoms with Crippen molar-refractivity contribution in [3.05, 3.63) is 59.0 Å². The van der Waals surface area contributed by atoms with Gasteiger partial charge < -0.3 is 9.62 Å². The van der Waals surface area contributed by atoms with E-state index in [9.17, 15) is 0 Å². The van der Waals surface area contributed by atoms with Crippen LogP contribution in [0.4, 0.5) is 0 Å². The molecule has 0 saturated carbocycles. The molecule has 88 valence electrons. The fourth-order valence-corrected chi connectivity index (χ4v) is 1.69. The lowest BCUT2D eigenvalue weighted by atomic mass is 10.0. The van der Waals surface area contributed by atoms with E-state index in [-0.39, 0.29) is 0 Å². The molecule has 1 heterocycles. The van der Waals surface area contributed by atoms with Crippen LogP contribution in [0.2, 0.25) is 0 Å². The summed E-state index contributed by atoms with van der Waals surface area (Å²) >= 11 is 0. The molecule has 0 saturated heterocycles. The van der Waals surface area contributed by atoms with Crippen molar-refractivity contribution < 1.29 is 9.62 Å². The first-order valence-corrected chi connectivity index (χ1v) is 5.52. The van der Waals surface area contributed by atoms with Crippen LogP contribution >= 0.6 is 0 Å². The predicted molar refractivity (Wildman–Crippen MR) is 66.7 cm³/mol. The first-order valence-electron chi connectivity index (χ1n) is 5.52. The lowest BCUT2D eigenvalue weighted by molar-refractivity contribution is 0.318. The largest absolute Gasteiger partial charge is 0.466 e. The molecule has 0 fully saturated rings. The van der Waals surface area contributed by atoms with Crippen molar-refractivity contribution in [2.45, 2.75) is 20.3 Å². The van der Waals surface area contributed by atoms with Gasteiger partial charge in [-0.05, 0) is 31.5 Å². The van der Waals surface area contributed by atoms with E-state index in [0.717, 1.165) is 17.1 Å². The summed E-state index contributed by atoms with van der Waals surface area (Å²) in [5.74, 6) is 1.66. The molecule has 0 radical (unpaired) electrons. The van der Waals surface area contributed by atoms with Gasteiger partial charge in [0.15, 0.2) is 0 Å². The third kappa shape index (κ3) is 2.75. The second-order valence-electron chi connectivity index (χ2n) is 4.10. The van der Waals surface area contributed by atoms with Crippen molar-refractivity contribution in [3.8, 4) is 0 Å². The van der Waals surface area contributed by atoms with Crippen molar-refractivity contribution in [3.63, 3.8) is 0 Å². The molecular weight excluding hydrogens is 214 g/mol. The number of rotatable bonds is 3. The van der Waals surface area contributed by atoms with Gasteiger partial charge >= 0.3 is 0 Å². The summed E-state index contributed by atoms with van der Waals surface area (Å²) in [4.78, 5) is 0. The fraction of sp³-hybridized carbons (Fsp3) is 0.214. The summed E-state index contributed by atoms with van der Waals surface area (Å²) in [5, 5.41) is 12.4. The van der Waals surface area contributed by atoms with Gasteiger partial charge in [0, 0.05) is 0 Å². The molecular formula is C14H15NO2. The zero-order chi connectivity index (χ0) is 12.3. The number of aryl methyl sites for hydroxylation is 2. The van der Waals surface area contributed by atoms with Gasteiger partial charge in [-0.25, -0.2) is 0 Å². The summed E-state index contributed by atoms with van der Waals surface area (Å²) in [5.41, 5.74) is 2.70. The van der Waals surface area contributed by atoms with E-state index >= 15 is 0 Å². The van der Waals surface area contributed by atoms with Crippen LogP contribution in [0.15, 0.2) is 46.0 Å². The van der Waals surface area contributed by atoms with E-state index in [1.54, 1.807) is 0 Å². The zero-order valence-electron chi connectivity index (χ0n) is 9.97. The highest BCUT2D eigenvalue weighted by atomic mass is 16.4. The minimum atomic E-state index is 0.493. The molecule has 0 bridgehead atoms. The Morgan fingerprint density at radius 3 is 2.35 bits per heavy atom. The Morgan fingerprint density at radius 1 is 1.12 bits per heavy atom. The van der Waals surface area contributed by atoms with Crippen LogP contribution in [0.1, 0.15) is 22.6 Å². The standard InChI is InChI=1S/C14H15NO2/c1-10-3-6-12(7-4-10)14(15-16)9-13-8-5-11(2)17-13/h3-8,16H,9H2,1-2H3. The maximum Gasteiger partial charge on any atom is 0.110 e. The van der Waals surface area contributed by atoms with Gasteiger partial charge in [-0.2, -0.15) is 0 Å². The molecule has 3 nitrogen and oxygen atoms in total. The van der Waals surface area contributed by atoms with E-state index in [4.69, 9.17) is 9.62 Å². The van der Waals surface area contributed by atoms with Gasteiger partial charge in [-0.15, -0.1) is 0 Å². The number of nitrogens with zero attached hydrogens (tertiary/aromatic N) is 1. The molecule has 0 unspecified atom stereocenters. The van der Waals surface area contributed by atoms with Crippen molar-refractivity contribution in [1.82, 2.24) is 0 Å². The molecule has 0 aliphatic carbocycles. The average Bonchev–Trinajstić information content (AvgIpc) is 2.73. The predicted octanol–water partition coefficient (Wildman–Crippen LogP) is 3.32. The van der Waals surface area contributed by atoms with Crippen LogP contribution in [-0.4, -0.2) is 10.9 Å². The van der Waals surface area contributed by atoms with Crippen LogP contribution in [0, 0.1) is 13.8 Å². The minimum absolute atomic E-state index is 0.493. The number of hydrogen-bond donors (Lipinski definition) is 1. The fourth-order valence-electron chi connectivity index (χ4n) is 1.69. The van der Waals surface area contributed by atoms with Crippen molar-refractivity contribution in [1.29, 1.82) is 0 Å². The molecule has 1 aromatic carbocycles. The van der Waals surface area contributed by atoms with E-state index in [2.05, 4.69) is 5.16 Å². The van der Waals surface area contributed by atoms with Crippen molar-refractivity contribution in [2.75, 3.05) is 0 Å². The van der Waals surface area contributed by atoms with Gasteiger partial charge in [0.2, 0.25) is 0 Å². The Morgan fingerprint density at radius 2 is 1.82 bits per heavy atom. The third-order valence-electron chi connectivity index (χ3n) is 2.64. The molecule has 2 aromatic rings. The van der Waals surface area contributed by atoms with Crippen LogP contribution in [0.3, 0.4) is 0 Å². The van der Waals surface area contributed by atoms with Gasteiger partial charge in [0.1, 0.15) is 11.5 Å². The number of hydrogen-bond acceptors (Lipinski definition) is 3. The highest BCUT2D eigenvalue weighted by Gasteiger charge is 2.08. The van der Waals surface area contributed by atoms with Crippen LogP contribution in [-0.2, 0) is 6.42 Å². The van der Waals surface area contributed by atoms with E-state index in [0.29, 0.717) is 12.1 Å². The monoisotopic (exact) mass is 229 g/mol. The lowest BCUT2D eigenvalue weighted by Crippen LogP contribution is -2.04. The van der Waals surface area contributed by atoms with Gasteiger partial charge in [-0.1, -0.05) is 35.0 Å². The molecule has 0 aliphatic rings. The smallest absolute Gasteiger partial charge is 0.110 e. The average molecular weight is 229 g/mol. The normalized spacial score (nSPS) is 11.8. The van der Waals surface area contributed by atoms with Crippen molar-refractivity contribution >= 4 is 5.71 Å². The summed E-state index contributed by atoms with van der Waals surface area (Å²) in [6.07, 6.45) is 0.493. The van der Waals surface area contributed by atoms with Gasteiger partial charge in [-0.3, -0.25) is 0 Å². The molecule has 2 rings (SSSR count). The highest BCUT2D eigenvalue weighted by Crippen LogP contribution is 2.12. The topological polar surface area (TPSA) is 45.7 Å². The Kier molecular flexibility index (Phi) is 3.28. The second kappa shape index (κ2) is 4.87. The minimum Gasteiger partial charge on any atom is -0.466 e. The Bertz CT molecular complexity index is 523. The number of furan rings is 1. The Hall–Kier alpha value is -2.03. The first-order chi connectivity index (χ1) is 8.19. The molecule has 1 aromatic heterocycles. The summed E-state index contributed by atoms with van der Waals surface area (Å²) in [6, 6.07) is 11.7. The summed E-state index contributed by atoms with van der Waals surface area (Å²) in [6.45, 7) is 3.92. The van der Waals surface area contributed by atoms with Gasteiger partial charge in [0.05, 0.1) is 12.1 Å². The van der Waals surface area contributed by atoms with Gasteiger partial charge in [0.25, 0.3) is 0 Å². The van der Waals surface area contributed by atoms with E-state index in [1.807, 2.05) is 50.2 Å². The molecule has 17 heavy (non-hydrogen) atoms. The zero-order valence-corrected chi connectivity index (χ0v) is 9.97. The molecule has 0 atom stereocenters. The molecule has 3 heteroatoms. The molecule has 0 aliphatic heterocycles. The second-order valence-corrected chi connectivity index (χ2v) is 4.10. The van der Waals surface area contributed by atoms with Crippen LogP contribution in [0.25, 0.3) is 0 Å². The lowest BCUT2D eigenvalue weighted by Gasteiger charge is -2.03. The summed E-state index contributed by atoms with van der Waals surface area (Å²) in [7, 11) is 0. The molecule has 1 N–H and O–H groups in total. The maximum atomic E-state index is 9.06. The number of benzene rings is 1. The third-order valence-corrected chi connectivity index (χ3v) is 2.64. The Labute approximate surface area is 100 Å². The summed E-state index contributed by atoms with van der Waals surface area (Å²) < 4.78 is 5.47. The maximum absolute atomic E-state index is 9.06. The SMILES string of the molecule is Cc1ccc(C(Cc2ccc(C)o2)=NO)cc1. The first kappa shape index (κ1) is 11.5. The highest BCUT2D eigenvalue weighted by molar-refractivity contribution is 6.01. The Balaban J connectivity index is 2.20. The van der Waals surface area contributed by atoms with Crippen LogP contribution in [0.5, 0.6) is 0 Å².